The van der Waals surface area contributed by atoms with Gasteiger partial charge in [0, 0.05) is 6.42 Å². The summed E-state index contributed by atoms with van der Waals surface area (Å²) in [6.45, 7) is 5.26. The molecule has 1 aliphatic rings. The van der Waals surface area contributed by atoms with E-state index in [0.29, 0.717) is 6.54 Å². The molecule has 1 fully saturated rings. The van der Waals surface area contributed by atoms with Gasteiger partial charge in [-0.3, -0.25) is 4.79 Å². The predicted octanol–water partition coefficient (Wildman–Crippen LogP) is 1.91. The molecular weight excluding hydrogens is 194 g/mol. The van der Waals surface area contributed by atoms with Crippen LogP contribution < -0.4 is 5.73 Å². The molecule has 1 aliphatic carbocycles. The summed E-state index contributed by atoms with van der Waals surface area (Å²) in [7, 11) is -1.16. The summed E-state index contributed by atoms with van der Waals surface area (Å²) in [5.41, 5.74) is 6.54. The van der Waals surface area contributed by atoms with Crippen molar-refractivity contribution in [1.29, 1.82) is 0 Å². The molecule has 0 aromatic carbocycles. The predicted molar refractivity (Wildman–Crippen MR) is 60.1 cm³/mol. The average molecular weight is 215 g/mol. The fourth-order valence-electron chi connectivity index (χ4n) is 2.26. The van der Waals surface area contributed by atoms with Gasteiger partial charge >= 0.3 is 5.97 Å². The molecule has 0 amide bonds. The van der Waals surface area contributed by atoms with E-state index < -0.39 is 14.0 Å². The van der Waals surface area contributed by atoms with Gasteiger partial charge < -0.3 is 10.8 Å². The third-order valence-corrected chi connectivity index (χ3v) is 7.71. The lowest BCUT2D eigenvalue weighted by atomic mass is 10.1. The van der Waals surface area contributed by atoms with E-state index in [0.717, 1.165) is 11.6 Å². The van der Waals surface area contributed by atoms with Gasteiger partial charge in [-0.2, -0.15) is 0 Å². The van der Waals surface area contributed by atoms with Crippen molar-refractivity contribution in [2.24, 2.45) is 11.7 Å². The molecule has 0 bridgehead atoms. The molecule has 0 heterocycles. The minimum absolute atomic E-state index is 0.203. The van der Waals surface area contributed by atoms with Gasteiger partial charge in [-0.25, -0.2) is 0 Å². The Morgan fingerprint density at radius 3 is 2.50 bits per heavy atom. The molecule has 0 spiro atoms. The summed E-state index contributed by atoms with van der Waals surface area (Å²) in [6, 6.07) is 1.08. The highest BCUT2D eigenvalue weighted by Crippen LogP contribution is 2.48. The summed E-state index contributed by atoms with van der Waals surface area (Å²) in [5.74, 6) is -0.504. The first-order valence-corrected chi connectivity index (χ1v) is 8.66. The number of carboxylic acids is 1. The van der Waals surface area contributed by atoms with E-state index in [1.165, 1.54) is 12.8 Å². The van der Waals surface area contributed by atoms with Gasteiger partial charge in [0.15, 0.2) is 0 Å². The standard InChI is InChI=1S/C10H21NO2Si/c1-14(2,9-3-4-9)7-8(6-11)5-10(12)13/h8-9H,3-7,11H2,1-2H3,(H,12,13)/t8-/m1/s1. The Balaban J connectivity index is 2.41. The summed E-state index contributed by atoms with van der Waals surface area (Å²) in [5, 5.41) is 8.73. The van der Waals surface area contributed by atoms with Gasteiger partial charge in [-0.15, -0.1) is 0 Å². The first kappa shape index (κ1) is 11.7. The highest BCUT2D eigenvalue weighted by Gasteiger charge is 2.40. The molecule has 14 heavy (non-hydrogen) atoms. The molecule has 1 saturated carbocycles. The van der Waals surface area contributed by atoms with Crippen LogP contribution >= 0.6 is 0 Å². The minimum Gasteiger partial charge on any atom is -0.481 e. The van der Waals surface area contributed by atoms with Gasteiger partial charge in [0.2, 0.25) is 0 Å². The number of carboxylic acid groups (broad SMARTS) is 1. The zero-order valence-corrected chi connectivity index (χ0v) is 10.1. The SMILES string of the molecule is C[Si](C)(C[C@@H](CN)CC(=O)O)C1CC1. The van der Waals surface area contributed by atoms with E-state index in [4.69, 9.17) is 10.8 Å². The van der Waals surface area contributed by atoms with E-state index >= 15 is 0 Å². The summed E-state index contributed by atoms with van der Waals surface area (Å²) < 4.78 is 0. The lowest BCUT2D eigenvalue weighted by molar-refractivity contribution is -0.137. The second-order valence-electron chi connectivity index (χ2n) is 5.17. The van der Waals surface area contributed by atoms with Gasteiger partial charge in [-0.05, 0) is 18.0 Å². The third-order valence-electron chi connectivity index (χ3n) is 3.29. The highest BCUT2D eigenvalue weighted by atomic mass is 28.3. The maximum Gasteiger partial charge on any atom is 0.303 e. The van der Waals surface area contributed by atoms with Crippen LogP contribution in [0.1, 0.15) is 19.3 Å². The monoisotopic (exact) mass is 215 g/mol. The lowest BCUT2D eigenvalue weighted by Crippen LogP contribution is -2.32. The first-order chi connectivity index (χ1) is 6.45. The Morgan fingerprint density at radius 2 is 2.14 bits per heavy atom. The Kier molecular flexibility index (Phi) is 3.72. The summed E-state index contributed by atoms with van der Waals surface area (Å²) in [6.07, 6.45) is 2.98. The fraction of sp³-hybridized carbons (Fsp3) is 0.900. The number of carbonyl (C=O) groups is 1. The molecular formula is C10H21NO2Si. The minimum atomic E-state index is -1.16. The van der Waals surface area contributed by atoms with Crippen LogP contribution in [0.3, 0.4) is 0 Å². The lowest BCUT2D eigenvalue weighted by Gasteiger charge is -2.26. The smallest absolute Gasteiger partial charge is 0.303 e. The van der Waals surface area contributed by atoms with Crippen LogP contribution in [0.4, 0.5) is 0 Å². The van der Waals surface area contributed by atoms with Crippen molar-refractivity contribution in [1.82, 2.24) is 0 Å². The van der Waals surface area contributed by atoms with Crippen LogP contribution in [0, 0.1) is 5.92 Å². The van der Waals surface area contributed by atoms with E-state index in [-0.39, 0.29) is 12.3 Å². The van der Waals surface area contributed by atoms with Crippen molar-refractivity contribution >= 4 is 14.0 Å². The molecule has 0 saturated heterocycles. The second kappa shape index (κ2) is 4.44. The van der Waals surface area contributed by atoms with Gasteiger partial charge in [0.1, 0.15) is 0 Å². The normalized spacial score (nSPS) is 19.4. The van der Waals surface area contributed by atoms with E-state index in [1.807, 2.05) is 0 Å². The molecule has 0 aromatic rings. The van der Waals surface area contributed by atoms with Crippen molar-refractivity contribution in [3.63, 3.8) is 0 Å². The van der Waals surface area contributed by atoms with Gasteiger partial charge in [-0.1, -0.05) is 32.0 Å². The highest BCUT2D eigenvalue weighted by molar-refractivity contribution is 6.79. The first-order valence-electron chi connectivity index (χ1n) is 5.37. The van der Waals surface area contributed by atoms with Crippen molar-refractivity contribution in [3.8, 4) is 0 Å². The number of rotatable bonds is 6. The van der Waals surface area contributed by atoms with Crippen LogP contribution in [0.25, 0.3) is 0 Å². The average Bonchev–Trinajstić information content (AvgIpc) is 2.83. The molecule has 1 rings (SSSR count). The second-order valence-corrected chi connectivity index (χ2v) is 10.4. The van der Waals surface area contributed by atoms with Crippen LogP contribution in [-0.4, -0.2) is 25.7 Å². The fourth-order valence-corrected chi connectivity index (χ4v) is 6.12. The number of aliphatic carboxylic acids is 1. The van der Waals surface area contributed by atoms with Gasteiger partial charge in [0.25, 0.3) is 0 Å². The zero-order valence-electron chi connectivity index (χ0n) is 9.12. The van der Waals surface area contributed by atoms with Crippen LogP contribution in [-0.2, 0) is 4.79 Å². The molecule has 4 heteroatoms. The van der Waals surface area contributed by atoms with Crippen molar-refractivity contribution in [3.05, 3.63) is 0 Å². The quantitative estimate of drug-likeness (QED) is 0.665. The molecule has 3 nitrogen and oxygen atoms in total. The molecule has 0 unspecified atom stereocenters. The van der Waals surface area contributed by atoms with Crippen molar-refractivity contribution < 1.29 is 9.90 Å². The third kappa shape index (κ3) is 3.42. The molecule has 1 atom stereocenters. The van der Waals surface area contributed by atoms with E-state index in [1.54, 1.807) is 0 Å². The van der Waals surface area contributed by atoms with E-state index in [9.17, 15) is 4.79 Å². The number of hydrogen-bond acceptors (Lipinski definition) is 2. The maximum atomic E-state index is 10.6. The van der Waals surface area contributed by atoms with Crippen molar-refractivity contribution in [2.45, 2.75) is 43.9 Å². The molecule has 82 valence electrons. The topological polar surface area (TPSA) is 63.3 Å². The summed E-state index contributed by atoms with van der Waals surface area (Å²) >= 11 is 0. The van der Waals surface area contributed by atoms with Crippen LogP contribution in [0.2, 0.25) is 24.7 Å². The van der Waals surface area contributed by atoms with Crippen LogP contribution in [0.5, 0.6) is 0 Å². The maximum absolute atomic E-state index is 10.6. The zero-order chi connectivity index (χ0) is 10.8. The van der Waals surface area contributed by atoms with E-state index in [2.05, 4.69) is 13.1 Å². The molecule has 0 aromatic heterocycles. The molecule has 3 N–H and O–H groups in total. The molecule has 0 radical (unpaired) electrons. The van der Waals surface area contributed by atoms with Crippen LogP contribution in [0.15, 0.2) is 0 Å². The Bertz CT molecular complexity index is 214. The van der Waals surface area contributed by atoms with Crippen molar-refractivity contribution in [2.75, 3.05) is 6.54 Å². The number of hydrogen-bond donors (Lipinski definition) is 2. The Morgan fingerprint density at radius 1 is 1.57 bits per heavy atom. The number of nitrogens with two attached hydrogens (primary N) is 1. The molecule has 0 aliphatic heterocycles. The van der Waals surface area contributed by atoms with Gasteiger partial charge in [0.05, 0.1) is 8.07 Å². The summed E-state index contributed by atoms with van der Waals surface area (Å²) in [4.78, 5) is 10.6. The Hall–Kier alpha value is -0.353. The Labute approximate surface area is 86.7 Å². The largest absolute Gasteiger partial charge is 0.481 e.